The van der Waals surface area contributed by atoms with Crippen LogP contribution in [0.2, 0.25) is 0 Å². The first-order chi connectivity index (χ1) is 5.26. The molecule has 0 heterocycles. The molecule has 1 atom stereocenters. The van der Waals surface area contributed by atoms with Crippen molar-refractivity contribution in [3.63, 3.8) is 0 Å². The first-order valence-corrected chi connectivity index (χ1v) is 5.05. The van der Waals surface area contributed by atoms with Gasteiger partial charge in [-0.1, -0.05) is 6.58 Å². The minimum atomic E-state index is -0.417. The van der Waals surface area contributed by atoms with Gasteiger partial charge in [0.25, 0.3) is 0 Å². The molecule has 0 aliphatic rings. The molecule has 0 bridgehead atoms. The Balaban J connectivity index is 3.65. The lowest BCUT2D eigenvalue weighted by Gasteiger charge is -2.15. The van der Waals surface area contributed by atoms with Crippen molar-refractivity contribution in [1.29, 1.82) is 0 Å². The van der Waals surface area contributed by atoms with E-state index >= 15 is 0 Å². The lowest BCUT2D eigenvalue weighted by atomic mass is 10.1. The summed E-state index contributed by atoms with van der Waals surface area (Å²) in [5, 5.41) is 3.03. The van der Waals surface area contributed by atoms with Crippen molar-refractivity contribution in [3.05, 3.63) is 12.2 Å². The lowest BCUT2D eigenvalue weighted by Crippen LogP contribution is -2.28. The normalized spacial score (nSPS) is 13.0. The molecule has 0 aromatic heterocycles. The monoisotopic (exact) mass is 177 g/mol. The molecule has 0 aromatic rings. The Morgan fingerprint density at radius 2 is 2.36 bits per heavy atom. The Morgan fingerprint density at radius 1 is 1.73 bits per heavy atom. The number of thioether (sulfide) groups is 1. The highest BCUT2D eigenvalue weighted by atomic mass is 32.2. The molecule has 0 fully saturated rings. The topological polar surface area (TPSA) is 12.0 Å². The van der Waals surface area contributed by atoms with Crippen LogP contribution in [0.1, 0.15) is 6.42 Å². The van der Waals surface area contributed by atoms with Crippen LogP contribution in [0.3, 0.4) is 0 Å². The number of halogens is 1. The second-order valence-corrected chi connectivity index (χ2v) is 3.40. The third kappa shape index (κ3) is 4.43. The van der Waals surface area contributed by atoms with E-state index in [1.54, 1.807) is 11.8 Å². The summed E-state index contributed by atoms with van der Waals surface area (Å²) >= 11 is 1.77. The number of alkyl halides is 1. The molecule has 1 N–H and O–H groups in total. The van der Waals surface area contributed by atoms with E-state index in [4.69, 9.17) is 0 Å². The zero-order valence-corrected chi connectivity index (χ0v) is 8.01. The van der Waals surface area contributed by atoms with Gasteiger partial charge in [-0.2, -0.15) is 11.8 Å². The predicted molar refractivity (Wildman–Crippen MR) is 51.0 cm³/mol. The van der Waals surface area contributed by atoms with Crippen LogP contribution in [0.4, 0.5) is 4.39 Å². The fourth-order valence-corrected chi connectivity index (χ4v) is 1.35. The summed E-state index contributed by atoms with van der Waals surface area (Å²) in [7, 11) is 1.84. The Bertz CT molecular complexity index is 117. The maximum Gasteiger partial charge on any atom is 0.112 e. The van der Waals surface area contributed by atoms with Gasteiger partial charge in [0.05, 0.1) is 0 Å². The first kappa shape index (κ1) is 11.0. The second kappa shape index (κ2) is 6.68. The van der Waals surface area contributed by atoms with Gasteiger partial charge in [0.2, 0.25) is 0 Å². The standard InChI is InChI=1S/C8H16FNS/c1-7(6-9)8(10-2)4-5-11-3/h8,10H,1,4-6H2,2-3H3/t8-/m0/s1. The largest absolute Gasteiger partial charge is 0.313 e. The second-order valence-electron chi connectivity index (χ2n) is 2.41. The maximum atomic E-state index is 12.1. The van der Waals surface area contributed by atoms with Gasteiger partial charge in [0.15, 0.2) is 0 Å². The quantitative estimate of drug-likeness (QED) is 0.621. The van der Waals surface area contributed by atoms with E-state index in [0.717, 1.165) is 12.2 Å². The van der Waals surface area contributed by atoms with Gasteiger partial charge >= 0.3 is 0 Å². The van der Waals surface area contributed by atoms with Gasteiger partial charge in [-0.05, 0) is 31.1 Å². The maximum absolute atomic E-state index is 12.1. The molecule has 0 rings (SSSR count). The number of hydrogen-bond acceptors (Lipinski definition) is 2. The summed E-state index contributed by atoms with van der Waals surface area (Å²) in [5.74, 6) is 1.05. The van der Waals surface area contributed by atoms with Gasteiger partial charge in [0, 0.05) is 6.04 Å². The van der Waals surface area contributed by atoms with Crippen molar-refractivity contribution in [2.24, 2.45) is 0 Å². The summed E-state index contributed by atoms with van der Waals surface area (Å²) in [6.45, 7) is 3.23. The van der Waals surface area contributed by atoms with Gasteiger partial charge in [-0.25, -0.2) is 4.39 Å². The molecular formula is C8H16FNS. The molecule has 0 spiro atoms. The van der Waals surface area contributed by atoms with Gasteiger partial charge < -0.3 is 5.32 Å². The molecule has 0 saturated carbocycles. The summed E-state index contributed by atoms with van der Waals surface area (Å²) in [5.41, 5.74) is 0.654. The van der Waals surface area contributed by atoms with Gasteiger partial charge in [-0.3, -0.25) is 0 Å². The Morgan fingerprint density at radius 3 is 2.73 bits per heavy atom. The summed E-state index contributed by atoms with van der Waals surface area (Å²) in [6.07, 6.45) is 3.01. The molecule has 0 saturated heterocycles. The average molecular weight is 177 g/mol. The van der Waals surface area contributed by atoms with Crippen LogP contribution in [0, 0.1) is 0 Å². The summed E-state index contributed by atoms with van der Waals surface area (Å²) < 4.78 is 12.1. The SMILES string of the molecule is C=C(CF)[C@H](CCSC)NC. The number of rotatable bonds is 6. The van der Waals surface area contributed by atoms with E-state index in [-0.39, 0.29) is 6.04 Å². The molecule has 3 heteroatoms. The molecule has 11 heavy (non-hydrogen) atoms. The van der Waals surface area contributed by atoms with Crippen molar-refractivity contribution in [3.8, 4) is 0 Å². The Kier molecular flexibility index (Phi) is 6.66. The summed E-state index contributed by atoms with van der Waals surface area (Å²) in [6, 6.07) is 0.146. The van der Waals surface area contributed by atoms with E-state index in [9.17, 15) is 4.39 Å². The predicted octanol–water partition coefficient (Wildman–Crippen LogP) is 1.85. The van der Waals surface area contributed by atoms with E-state index in [1.165, 1.54) is 0 Å². The van der Waals surface area contributed by atoms with Crippen LogP contribution in [0.15, 0.2) is 12.2 Å². The molecule has 0 aromatic carbocycles. The lowest BCUT2D eigenvalue weighted by molar-refractivity contribution is 0.493. The van der Waals surface area contributed by atoms with Crippen molar-refractivity contribution < 1.29 is 4.39 Å². The molecule has 66 valence electrons. The fourth-order valence-electron chi connectivity index (χ4n) is 0.881. The number of likely N-dealkylation sites (N-methyl/N-ethyl adjacent to an activating group) is 1. The Labute approximate surface area is 72.4 Å². The minimum absolute atomic E-state index is 0.146. The molecule has 0 aliphatic heterocycles. The zero-order chi connectivity index (χ0) is 8.69. The van der Waals surface area contributed by atoms with Crippen LogP contribution in [-0.4, -0.2) is 31.8 Å². The van der Waals surface area contributed by atoms with E-state index in [1.807, 2.05) is 13.3 Å². The smallest absolute Gasteiger partial charge is 0.112 e. The molecule has 0 unspecified atom stereocenters. The first-order valence-electron chi connectivity index (χ1n) is 3.66. The van der Waals surface area contributed by atoms with Crippen LogP contribution >= 0.6 is 11.8 Å². The van der Waals surface area contributed by atoms with E-state index in [2.05, 4.69) is 11.9 Å². The zero-order valence-electron chi connectivity index (χ0n) is 7.19. The highest BCUT2D eigenvalue weighted by Gasteiger charge is 2.08. The van der Waals surface area contributed by atoms with Crippen molar-refractivity contribution in [2.75, 3.05) is 25.7 Å². The van der Waals surface area contributed by atoms with Crippen molar-refractivity contribution in [1.82, 2.24) is 5.32 Å². The number of hydrogen-bond donors (Lipinski definition) is 1. The minimum Gasteiger partial charge on any atom is -0.313 e. The van der Waals surface area contributed by atoms with Crippen LogP contribution < -0.4 is 5.32 Å². The van der Waals surface area contributed by atoms with Gasteiger partial charge in [0.1, 0.15) is 6.67 Å². The van der Waals surface area contributed by atoms with Crippen LogP contribution in [-0.2, 0) is 0 Å². The third-order valence-corrected chi connectivity index (χ3v) is 2.27. The molecule has 0 radical (unpaired) electrons. The Hall–Kier alpha value is -0.0200. The molecular weight excluding hydrogens is 161 g/mol. The molecule has 1 nitrogen and oxygen atoms in total. The van der Waals surface area contributed by atoms with Crippen LogP contribution in [0.25, 0.3) is 0 Å². The highest BCUT2D eigenvalue weighted by molar-refractivity contribution is 7.98. The molecule has 0 amide bonds. The van der Waals surface area contributed by atoms with E-state index in [0.29, 0.717) is 5.57 Å². The van der Waals surface area contributed by atoms with Crippen molar-refractivity contribution in [2.45, 2.75) is 12.5 Å². The van der Waals surface area contributed by atoms with E-state index < -0.39 is 6.67 Å². The third-order valence-electron chi connectivity index (χ3n) is 1.62. The van der Waals surface area contributed by atoms with Gasteiger partial charge in [-0.15, -0.1) is 0 Å². The highest BCUT2D eigenvalue weighted by Crippen LogP contribution is 2.07. The number of nitrogens with one attached hydrogen (secondary N) is 1. The molecule has 0 aliphatic carbocycles. The summed E-state index contributed by atoms with van der Waals surface area (Å²) in [4.78, 5) is 0. The van der Waals surface area contributed by atoms with Crippen LogP contribution in [0.5, 0.6) is 0 Å². The fraction of sp³-hybridized carbons (Fsp3) is 0.750. The average Bonchev–Trinajstić information content (AvgIpc) is 2.05. The van der Waals surface area contributed by atoms with Crippen molar-refractivity contribution >= 4 is 11.8 Å².